The molecule has 0 aliphatic carbocycles. The van der Waals surface area contributed by atoms with E-state index in [4.69, 9.17) is 0 Å². The fourth-order valence-electron chi connectivity index (χ4n) is 2.01. The number of hydrogen-bond acceptors (Lipinski definition) is 3. The molecule has 0 spiro atoms. The molecule has 1 aliphatic heterocycles. The Morgan fingerprint density at radius 3 is 2.28 bits per heavy atom. The van der Waals surface area contributed by atoms with Crippen LogP contribution in [-0.4, -0.2) is 29.1 Å². The maximum Gasteiger partial charge on any atom is 0.457 e. The number of carbonyl (C=O) groups is 3. The van der Waals surface area contributed by atoms with Crippen LogP contribution in [0.4, 0.5) is 9.59 Å². The van der Waals surface area contributed by atoms with Gasteiger partial charge in [0.15, 0.2) is 0 Å². The lowest BCUT2D eigenvalue weighted by Crippen LogP contribution is -2.61. The van der Waals surface area contributed by atoms with Crippen molar-refractivity contribution in [1.82, 2.24) is 10.7 Å². The number of imide groups is 2. The Labute approximate surface area is 107 Å². The molecule has 2 N–H and O–H groups in total. The molecule has 6 heteroatoms. The van der Waals surface area contributed by atoms with Gasteiger partial charge in [0.25, 0.3) is 0 Å². The number of quaternary nitrogens is 1. The van der Waals surface area contributed by atoms with Crippen LogP contribution in [0.15, 0.2) is 0 Å². The second-order valence-electron chi connectivity index (χ2n) is 4.61. The standard InChI is InChI=1S/C12H21N3O3/c1-3-5-7-8-10(16)15(9-6-4-2)12(18)13-11(17)14-15/h3-9H2,1-2H3,(H-,13,14,17,18)/p+1. The molecule has 0 bridgehead atoms. The number of amides is 5. The van der Waals surface area contributed by atoms with Gasteiger partial charge in [-0.05, 0) is 12.8 Å². The number of urea groups is 2. The largest absolute Gasteiger partial charge is 0.457 e. The van der Waals surface area contributed by atoms with Crippen LogP contribution >= 0.6 is 0 Å². The molecule has 102 valence electrons. The fraction of sp³-hybridized carbons (Fsp3) is 0.750. The number of carbonyl (C=O) groups excluding carboxylic acids is 3. The lowest BCUT2D eigenvalue weighted by molar-refractivity contribution is -0.804. The van der Waals surface area contributed by atoms with Gasteiger partial charge in [-0.15, -0.1) is 0 Å². The maximum absolute atomic E-state index is 12.2. The smallest absolute Gasteiger partial charge is 0.243 e. The van der Waals surface area contributed by atoms with Crippen LogP contribution in [0.3, 0.4) is 0 Å². The minimum atomic E-state index is -0.583. The quantitative estimate of drug-likeness (QED) is 0.540. The van der Waals surface area contributed by atoms with E-state index in [1.54, 1.807) is 0 Å². The molecule has 0 radical (unpaired) electrons. The molecular weight excluding hydrogens is 234 g/mol. The first-order chi connectivity index (χ1) is 8.56. The summed E-state index contributed by atoms with van der Waals surface area (Å²) in [6.45, 7) is 4.36. The lowest BCUT2D eigenvalue weighted by Gasteiger charge is -2.24. The van der Waals surface area contributed by atoms with Crippen LogP contribution in [0, 0.1) is 0 Å². The average molecular weight is 256 g/mol. The van der Waals surface area contributed by atoms with E-state index >= 15 is 0 Å². The number of rotatable bonds is 7. The molecule has 0 saturated carbocycles. The van der Waals surface area contributed by atoms with Crippen LogP contribution in [0.1, 0.15) is 52.4 Å². The number of nitrogens with one attached hydrogen (secondary N) is 2. The van der Waals surface area contributed by atoms with Crippen molar-refractivity contribution < 1.29 is 19.0 Å². The monoisotopic (exact) mass is 256 g/mol. The molecule has 1 aliphatic rings. The van der Waals surface area contributed by atoms with E-state index in [-0.39, 0.29) is 5.91 Å². The second-order valence-corrected chi connectivity index (χ2v) is 4.61. The zero-order chi connectivity index (χ0) is 13.6. The van der Waals surface area contributed by atoms with E-state index in [1.807, 2.05) is 6.92 Å². The van der Waals surface area contributed by atoms with E-state index in [0.29, 0.717) is 19.4 Å². The normalized spacial score (nSPS) is 22.8. The van der Waals surface area contributed by atoms with Crippen molar-refractivity contribution in [2.24, 2.45) is 0 Å². The highest BCUT2D eigenvalue weighted by Gasteiger charge is 2.52. The predicted octanol–water partition coefficient (Wildman–Crippen LogP) is 2.06. The molecule has 6 nitrogen and oxygen atoms in total. The minimum absolute atomic E-state index is 0.222. The third-order valence-electron chi connectivity index (χ3n) is 3.13. The Morgan fingerprint density at radius 1 is 1.11 bits per heavy atom. The first-order valence-corrected chi connectivity index (χ1v) is 6.62. The summed E-state index contributed by atoms with van der Waals surface area (Å²) in [5.74, 6) is -0.222. The molecule has 1 unspecified atom stereocenters. The van der Waals surface area contributed by atoms with Crippen molar-refractivity contribution in [2.45, 2.75) is 52.4 Å². The van der Waals surface area contributed by atoms with E-state index in [9.17, 15) is 14.4 Å². The molecular formula is C12H22N3O3+. The van der Waals surface area contributed by atoms with E-state index < -0.39 is 16.7 Å². The van der Waals surface area contributed by atoms with Crippen molar-refractivity contribution in [3.63, 3.8) is 0 Å². The van der Waals surface area contributed by atoms with Crippen LogP contribution < -0.4 is 10.7 Å². The van der Waals surface area contributed by atoms with Gasteiger partial charge in [0.2, 0.25) is 0 Å². The van der Waals surface area contributed by atoms with E-state index in [2.05, 4.69) is 17.7 Å². The van der Waals surface area contributed by atoms with Crippen molar-refractivity contribution in [1.29, 1.82) is 0 Å². The summed E-state index contributed by atoms with van der Waals surface area (Å²) in [5, 5.41) is 2.15. The van der Waals surface area contributed by atoms with Crippen molar-refractivity contribution in [3.8, 4) is 0 Å². The second kappa shape index (κ2) is 6.49. The summed E-state index contributed by atoms with van der Waals surface area (Å²) in [6.07, 6.45) is 4.63. The van der Waals surface area contributed by atoms with Crippen molar-refractivity contribution in [2.75, 3.05) is 6.54 Å². The summed E-state index contributed by atoms with van der Waals surface area (Å²) in [5.41, 5.74) is 2.47. The maximum atomic E-state index is 12.2. The van der Waals surface area contributed by atoms with Crippen LogP contribution in [0.5, 0.6) is 0 Å². The van der Waals surface area contributed by atoms with Gasteiger partial charge in [0.05, 0.1) is 6.42 Å². The molecule has 1 fully saturated rings. The minimum Gasteiger partial charge on any atom is -0.243 e. The summed E-state index contributed by atoms with van der Waals surface area (Å²) >= 11 is 0. The van der Waals surface area contributed by atoms with Gasteiger partial charge in [-0.2, -0.15) is 5.43 Å². The molecule has 1 rings (SSSR count). The Hall–Kier alpha value is -1.43. The lowest BCUT2D eigenvalue weighted by atomic mass is 10.2. The van der Waals surface area contributed by atoms with Crippen LogP contribution in [-0.2, 0) is 4.79 Å². The third kappa shape index (κ3) is 3.07. The van der Waals surface area contributed by atoms with Gasteiger partial charge in [-0.1, -0.05) is 37.7 Å². The molecule has 18 heavy (non-hydrogen) atoms. The molecule has 0 aromatic heterocycles. The Kier molecular flexibility index (Phi) is 5.27. The molecule has 0 aromatic rings. The zero-order valence-corrected chi connectivity index (χ0v) is 11.1. The van der Waals surface area contributed by atoms with Gasteiger partial charge in [0, 0.05) is 0 Å². The summed E-state index contributed by atoms with van der Waals surface area (Å²) in [7, 11) is 0. The number of unbranched alkanes of at least 4 members (excludes halogenated alkanes) is 3. The Bertz CT molecular complexity index is 343. The van der Waals surface area contributed by atoms with Gasteiger partial charge in [-0.3, -0.25) is 0 Å². The van der Waals surface area contributed by atoms with Crippen LogP contribution in [0.25, 0.3) is 0 Å². The SMILES string of the molecule is CCCCCC(=O)[N+]1(CCCC)NC(=O)NC1=O. The highest BCUT2D eigenvalue weighted by molar-refractivity contribution is 5.99. The summed E-state index contributed by atoms with van der Waals surface area (Å²) in [4.78, 5) is 35.3. The molecule has 1 saturated heterocycles. The van der Waals surface area contributed by atoms with Gasteiger partial charge >= 0.3 is 18.0 Å². The van der Waals surface area contributed by atoms with E-state index in [1.165, 1.54) is 0 Å². The number of nitrogens with zero attached hydrogens (tertiary/aromatic N) is 1. The third-order valence-corrected chi connectivity index (χ3v) is 3.13. The molecule has 1 atom stereocenters. The first kappa shape index (κ1) is 14.6. The van der Waals surface area contributed by atoms with E-state index in [0.717, 1.165) is 25.7 Å². The fourth-order valence-corrected chi connectivity index (χ4v) is 2.01. The van der Waals surface area contributed by atoms with Crippen molar-refractivity contribution in [3.05, 3.63) is 0 Å². The highest BCUT2D eigenvalue weighted by atomic mass is 16.2. The summed E-state index contributed by atoms with van der Waals surface area (Å²) < 4.78 is -0.559. The summed E-state index contributed by atoms with van der Waals surface area (Å²) in [6, 6.07) is -1.13. The Balaban J connectivity index is 2.74. The first-order valence-electron chi connectivity index (χ1n) is 6.62. The van der Waals surface area contributed by atoms with Gasteiger partial charge in [0.1, 0.15) is 6.54 Å². The zero-order valence-electron chi connectivity index (χ0n) is 11.1. The Morgan fingerprint density at radius 2 is 1.78 bits per heavy atom. The average Bonchev–Trinajstić information content (AvgIpc) is 2.62. The van der Waals surface area contributed by atoms with Gasteiger partial charge < -0.3 is 0 Å². The predicted molar refractivity (Wildman–Crippen MR) is 66.2 cm³/mol. The highest BCUT2D eigenvalue weighted by Crippen LogP contribution is 2.16. The molecule has 0 aromatic carbocycles. The van der Waals surface area contributed by atoms with Crippen molar-refractivity contribution >= 4 is 18.0 Å². The van der Waals surface area contributed by atoms with Crippen LogP contribution in [0.2, 0.25) is 0 Å². The molecule has 1 heterocycles. The topological polar surface area (TPSA) is 75.3 Å². The number of hydrogen-bond donors (Lipinski definition) is 2. The molecule has 5 amide bonds. The van der Waals surface area contributed by atoms with Gasteiger partial charge in [-0.25, -0.2) is 19.7 Å².